The summed E-state index contributed by atoms with van der Waals surface area (Å²) < 4.78 is 3.51. The van der Waals surface area contributed by atoms with Crippen LogP contribution in [-0.2, 0) is 13.0 Å². The number of hydrogen-bond donors (Lipinski definition) is 0. The summed E-state index contributed by atoms with van der Waals surface area (Å²) in [5, 5.41) is 4.60. The van der Waals surface area contributed by atoms with Gasteiger partial charge in [0.2, 0.25) is 0 Å². The SMILES string of the molecule is Cc1ccn(C(C)CN(C)C)c(=O)c1C(=O)N1CCc2nc(-c3cccnc3)nn2CC1. The molecule has 1 atom stereocenters. The lowest BCUT2D eigenvalue weighted by Gasteiger charge is -2.23. The topological polar surface area (TPSA) is 89.2 Å². The van der Waals surface area contributed by atoms with Crippen molar-refractivity contribution >= 4 is 5.91 Å². The number of rotatable bonds is 5. The third-order valence-electron chi connectivity index (χ3n) is 5.79. The van der Waals surface area contributed by atoms with E-state index in [-0.39, 0.29) is 23.1 Å². The molecule has 4 heterocycles. The lowest BCUT2D eigenvalue weighted by atomic mass is 10.1. The van der Waals surface area contributed by atoms with Crippen molar-refractivity contribution in [2.24, 2.45) is 0 Å². The second-order valence-corrected chi connectivity index (χ2v) is 8.56. The van der Waals surface area contributed by atoms with Crippen molar-refractivity contribution in [3.05, 3.63) is 64.1 Å². The Balaban J connectivity index is 1.54. The van der Waals surface area contributed by atoms with Gasteiger partial charge in [-0.3, -0.25) is 14.6 Å². The molecule has 0 spiro atoms. The summed E-state index contributed by atoms with van der Waals surface area (Å²) in [7, 11) is 3.94. The van der Waals surface area contributed by atoms with Crippen molar-refractivity contribution in [2.75, 3.05) is 33.7 Å². The number of likely N-dealkylation sites (N-methyl/N-ethyl adjacent to an activating group) is 1. The quantitative estimate of drug-likeness (QED) is 0.605. The van der Waals surface area contributed by atoms with Crippen LogP contribution in [0.25, 0.3) is 11.4 Å². The number of carbonyl (C=O) groups excluding carboxylic acids is 1. The lowest BCUT2D eigenvalue weighted by Crippen LogP contribution is -2.40. The van der Waals surface area contributed by atoms with E-state index in [4.69, 9.17) is 0 Å². The van der Waals surface area contributed by atoms with Crippen LogP contribution < -0.4 is 5.56 Å². The maximum Gasteiger partial charge on any atom is 0.263 e. The Labute approximate surface area is 187 Å². The number of nitrogens with zero attached hydrogens (tertiary/aromatic N) is 7. The molecular formula is C23H29N7O2. The van der Waals surface area contributed by atoms with E-state index in [1.54, 1.807) is 28.1 Å². The molecule has 9 heteroatoms. The van der Waals surface area contributed by atoms with Gasteiger partial charge in [-0.05, 0) is 51.7 Å². The van der Waals surface area contributed by atoms with Crippen molar-refractivity contribution in [2.45, 2.75) is 32.9 Å². The second kappa shape index (κ2) is 9.04. The van der Waals surface area contributed by atoms with Crippen molar-refractivity contribution in [3.8, 4) is 11.4 Å². The fraction of sp³-hybridized carbons (Fsp3) is 0.435. The molecule has 0 saturated heterocycles. The normalized spacial score (nSPS) is 14.8. The Morgan fingerprint density at radius 1 is 1.22 bits per heavy atom. The van der Waals surface area contributed by atoms with E-state index in [1.807, 2.05) is 55.7 Å². The Hall–Kier alpha value is -3.33. The first kappa shape index (κ1) is 21.9. The molecule has 9 nitrogen and oxygen atoms in total. The average molecular weight is 436 g/mol. The van der Waals surface area contributed by atoms with Crippen LogP contribution >= 0.6 is 0 Å². The van der Waals surface area contributed by atoms with Gasteiger partial charge in [-0.1, -0.05) is 0 Å². The van der Waals surface area contributed by atoms with Gasteiger partial charge >= 0.3 is 0 Å². The van der Waals surface area contributed by atoms with Crippen LogP contribution in [0.15, 0.2) is 41.6 Å². The van der Waals surface area contributed by atoms with Crippen molar-refractivity contribution in [1.82, 2.24) is 34.1 Å². The van der Waals surface area contributed by atoms with Gasteiger partial charge in [0.1, 0.15) is 11.4 Å². The van der Waals surface area contributed by atoms with Crippen LogP contribution in [0.4, 0.5) is 0 Å². The minimum Gasteiger partial charge on any atom is -0.336 e. The van der Waals surface area contributed by atoms with E-state index >= 15 is 0 Å². The largest absolute Gasteiger partial charge is 0.336 e. The summed E-state index contributed by atoms with van der Waals surface area (Å²) in [4.78, 5) is 39.2. The molecule has 0 fully saturated rings. The van der Waals surface area contributed by atoms with Gasteiger partial charge in [0.05, 0.1) is 6.54 Å². The third kappa shape index (κ3) is 4.34. The number of fused-ring (bicyclic) bond motifs is 1. The molecule has 1 aliphatic rings. The number of aryl methyl sites for hydroxylation is 1. The molecule has 0 N–H and O–H groups in total. The monoisotopic (exact) mass is 435 g/mol. The summed E-state index contributed by atoms with van der Waals surface area (Å²) in [6.45, 7) is 6.02. The summed E-state index contributed by atoms with van der Waals surface area (Å²) in [5.74, 6) is 1.25. The van der Waals surface area contributed by atoms with Crippen molar-refractivity contribution in [1.29, 1.82) is 0 Å². The molecule has 0 radical (unpaired) electrons. The first-order valence-corrected chi connectivity index (χ1v) is 10.8. The van der Waals surface area contributed by atoms with Gasteiger partial charge < -0.3 is 14.4 Å². The molecule has 1 aliphatic heterocycles. The van der Waals surface area contributed by atoms with Gasteiger partial charge in [-0.25, -0.2) is 9.67 Å². The Morgan fingerprint density at radius 3 is 2.75 bits per heavy atom. The molecule has 32 heavy (non-hydrogen) atoms. The minimum absolute atomic E-state index is 0.0335. The lowest BCUT2D eigenvalue weighted by molar-refractivity contribution is 0.0754. The molecule has 0 bridgehead atoms. The number of hydrogen-bond acceptors (Lipinski definition) is 6. The molecule has 168 valence electrons. The van der Waals surface area contributed by atoms with E-state index < -0.39 is 0 Å². The zero-order valence-corrected chi connectivity index (χ0v) is 19.0. The van der Waals surface area contributed by atoms with E-state index in [2.05, 4.69) is 15.1 Å². The highest BCUT2D eigenvalue weighted by atomic mass is 16.2. The molecular weight excluding hydrogens is 406 g/mol. The van der Waals surface area contributed by atoms with Crippen molar-refractivity contribution < 1.29 is 4.79 Å². The predicted octanol–water partition coefficient (Wildman–Crippen LogP) is 1.63. The average Bonchev–Trinajstić information content (AvgIpc) is 3.06. The van der Waals surface area contributed by atoms with Crippen molar-refractivity contribution in [3.63, 3.8) is 0 Å². The predicted molar refractivity (Wildman–Crippen MR) is 122 cm³/mol. The number of pyridine rings is 2. The van der Waals surface area contributed by atoms with Crippen LogP contribution in [0.2, 0.25) is 0 Å². The fourth-order valence-electron chi connectivity index (χ4n) is 4.14. The maximum absolute atomic E-state index is 13.4. The third-order valence-corrected chi connectivity index (χ3v) is 5.79. The highest BCUT2D eigenvalue weighted by molar-refractivity contribution is 5.95. The minimum atomic E-state index is -0.233. The summed E-state index contributed by atoms with van der Waals surface area (Å²) >= 11 is 0. The van der Waals surface area contributed by atoms with Crippen LogP contribution in [0.5, 0.6) is 0 Å². The highest BCUT2D eigenvalue weighted by Crippen LogP contribution is 2.17. The smallest absolute Gasteiger partial charge is 0.263 e. The second-order valence-electron chi connectivity index (χ2n) is 8.56. The van der Waals surface area contributed by atoms with E-state index in [0.717, 1.165) is 11.4 Å². The van der Waals surface area contributed by atoms with Gasteiger partial charge in [-0.15, -0.1) is 0 Å². The number of carbonyl (C=O) groups is 1. The Kier molecular flexibility index (Phi) is 6.18. The van der Waals surface area contributed by atoms with E-state index in [1.165, 1.54) is 0 Å². The first-order chi connectivity index (χ1) is 15.3. The maximum atomic E-state index is 13.4. The molecule has 1 amide bonds. The van der Waals surface area contributed by atoms with Crippen LogP contribution in [0.1, 0.15) is 34.7 Å². The zero-order valence-electron chi connectivity index (χ0n) is 19.0. The van der Waals surface area contributed by atoms with Crippen LogP contribution in [0.3, 0.4) is 0 Å². The summed E-state index contributed by atoms with van der Waals surface area (Å²) in [6, 6.07) is 5.61. The molecule has 0 saturated carbocycles. The molecule has 0 aromatic carbocycles. The Bertz CT molecular complexity index is 1140. The van der Waals surface area contributed by atoms with E-state index in [9.17, 15) is 9.59 Å². The Morgan fingerprint density at radius 2 is 2.03 bits per heavy atom. The highest BCUT2D eigenvalue weighted by Gasteiger charge is 2.26. The summed E-state index contributed by atoms with van der Waals surface area (Å²) in [6.07, 6.45) is 5.82. The van der Waals surface area contributed by atoms with Crippen LogP contribution in [0, 0.1) is 6.92 Å². The molecule has 3 aromatic heterocycles. The summed E-state index contributed by atoms with van der Waals surface area (Å²) in [5.41, 5.74) is 1.59. The number of amides is 1. The fourth-order valence-corrected chi connectivity index (χ4v) is 4.14. The van der Waals surface area contributed by atoms with E-state index in [0.29, 0.717) is 44.0 Å². The van der Waals surface area contributed by atoms with Gasteiger partial charge in [-0.2, -0.15) is 5.10 Å². The standard InChI is InChI=1S/C23H29N7O2/c1-16-7-11-29(17(2)15-27(3)4)23(32)20(16)22(31)28-10-8-19-25-21(26-30(19)13-12-28)18-6-5-9-24-14-18/h5-7,9,11,14,17H,8,10,12-13,15H2,1-4H3. The van der Waals surface area contributed by atoms with Crippen LogP contribution in [-0.4, -0.2) is 73.8 Å². The molecule has 3 aromatic rings. The first-order valence-electron chi connectivity index (χ1n) is 10.8. The van der Waals surface area contributed by atoms with Gasteiger partial charge in [0, 0.05) is 56.3 Å². The van der Waals surface area contributed by atoms with Gasteiger partial charge in [0.15, 0.2) is 5.82 Å². The molecule has 4 rings (SSSR count). The molecule has 0 aliphatic carbocycles. The molecule has 1 unspecified atom stereocenters. The van der Waals surface area contributed by atoms with Gasteiger partial charge in [0.25, 0.3) is 11.5 Å². The number of aromatic nitrogens is 5. The zero-order chi connectivity index (χ0) is 22.8.